The van der Waals surface area contributed by atoms with Gasteiger partial charge in [0.1, 0.15) is 24.7 Å². The second-order valence-corrected chi connectivity index (χ2v) is 8.90. The number of carbonyl (C=O) groups is 1. The van der Waals surface area contributed by atoms with Crippen LogP contribution in [0, 0.1) is 6.92 Å². The fraction of sp³-hybridized carbons (Fsp3) is 0.208. The molecule has 0 fully saturated rings. The lowest BCUT2D eigenvalue weighted by Gasteiger charge is -2.24. The average molecular weight is 455 g/mol. The molecule has 0 aliphatic carbocycles. The largest absolute Gasteiger partial charge is 0.497 e. The summed E-state index contributed by atoms with van der Waals surface area (Å²) in [6.07, 6.45) is 0. The Morgan fingerprint density at radius 3 is 2.38 bits per heavy atom. The van der Waals surface area contributed by atoms with Crippen LogP contribution in [0.5, 0.6) is 11.5 Å². The molecule has 32 heavy (non-hydrogen) atoms. The molecule has 0 unspecified atom stereocenters. The SMILES string of the molecule is COc1cccc(N(CC(=O)NCCOc2cccc(C)c2)S(=O)(=O)c2ccccc2)c1. The molecule has 3 rings (SSSR count). The van der Waals surface area contributed by atoms with E-state index in [1.54, 1.807) is 42.5 Å². The molecule has 1 N–H and O–H groups in total. The van der Waals surface area contributed by atoms with Crippen LogP contribution in [-0.4, -0.2) is 41.1 Å². The minimum Gasteiger partial charge on any atom is -0.497 e. The van der Waals surface area contributed by atoms with Crippen molar-refractivity contribution in [1.29, 1.82) is 0 Å². The van der Waals surface area contributed by atoms with Gasteiger partial charge >= 0.3 is 0 Å². The highest BCUT2D eigenvalue weighted by atomic mass is 32.2. The van der Waals surface area contributed by atoms with Crippen molar-refractivity contribution in [2.75, 3.05) is 31.1 Å². The number of amides is 1. The monoisotopic (exact) mass is 454 g/mol. The summed E-state index contributed by atoms with van der Waals surface area (Å²) in [7, 11) is -2.47. The number of anilines is 1. The maximum absolute atomic E-state index is 13.3. The predicted molar refractivity (Wildman–Crippen MR) is 124 cm³/mol. The van der Waals surface area contributed by atoms with Crippen LogP contribution >= 0.6 is 0 Å². The molecule has 0 aromatic heterocycles. The Morgan fingerprint density at radius 2 is 1.66 bits per heavy atom. The fourth-order valence-electron chi connectivity index (χ4n) is 3.05. The van der Waals surface area contributed by atoms with Gasteiger partial charge in [-0.2, -0.15) is 0 Å². The van der Waals surface area contributed by atoms with Gasteiger partial charge in [0.15, 0.2) is 0 Å². The summed E-state index contributed by atoms with van der Waals surface area (Å²) in [4.78, 5) is 12.7. The van der Waals surface area contributed by atoms with Crippen LogP contribution in [-0.2, 0) is 14.8 Å². The second kappa shape index (κ2) is 10.7. The van der Waals surface area contributed by atoms with Gasteiger partial charge in [0.05, 0.1) is 24.2 Å². The third-order valence-corrected chi connectivity index (χ3v) is 6.43. The summed E-state index contributed by atoms with van der Waals surface area (Å²) in [5, 5.41) is 2.72. The number of nitrogens with one attached hydrogen (secondary N) is 1. The Balaban J connectivity index is 1.71. The van der Waals surface area contributed by atoms with E-state index in [-0.39, 0.29) is 24.6 Å². The van der Waals surface area contributed by atoms with Gasteiger partial charge in [0.25, 0.3) is 10.0 Å². The van der Waals surface area contributed by atoms with Crippen LogP contribution < -0.4 is 19.1 Å². The minimum atomic E-state index is -3.97. The number of benzene rings is 3. The standard InChI is InChI=1S/C24H26N2O5S/c1-19-8-6-11-22(16-19)31-15-14-25-24(27)18-26(20-9-7-10-21(17-20)30-2)32(28,29)23-12-4-3-5-13-23/h3-13,16-17H,14-15,18H2,1-2H3,(H,25,27). The summed E-state index contributed by atoms with van der Waals surface area (Å²) >= 11 is 0. The molecule has 0 bridgehead atoms. The van der Waals surface area contributed by atoms with E-state index in [1.165, 1.54) is 19.2 Å². The van der Waals surface area contributed by atoms with Crippen LogP contribution in [0.4, 0.5) is 5.69 Å². The topological polar surface area (TPSA) is 84.9 Å². The quantitative estimate of drug-likeness (QED) is 0.475. The molecule has 0 radical (unpaired) electrons. The zero-order valence-corrected chi connectivity index (χ0v) is 18.8. The number of ether oxygens (including phenoxy) is 2. The molecule has 0 aliphatic rings. The first-order chi connectivity index (χ1) is 15.4. The number of hydrogen-bond acceptors (Lipinski definition) is 5. The normalized spacial score (nSPS) is 10.9. The smallest absolute Gasteiger partial charge is 0.264 e. The molecule has 1 amide bonds. The number of nitrogens with zero attached hydrogens (tertiary/aromatic N) is 1. The lowest BCUT2D eigenvalue weighted by molar-refractivity contribution is -0.119. The van der Waals surface area contributed by atoms with Crippen molar-refractivity contribution < 1.29 is 22.7 Å². The van der Waals surface area contributed by atoms with Crippen molar-refractivity contribution in [1.82, 2.24) is 5.32 Å². The van der Waals surface area contributed by atoms with Crippen molar-refractivity contribution in [3.8, 4) is 11.5 Å². The van der Waals surface area contributed by atoms with Gasteiger partial charge in [-0.05, 0) is 48.9 Å². The van der Waals surface area contributed by atoms with E-state index in [2.05, 4.69) is 5.32 Å². The molecule has 0 aliphatic heterocycles. The highest BCUT2D eigenvalue weighted by Crippen LogP contribution is 2.26. The Bertz CT molecular complexity index is 1150. The van der Waals surface area contributed by atoms with Crippen molar-refractivity contribution in [2.45, 2.75) is 11.8 Å². The summed E-state index contributed by atoms with van der Waals surface area (Å²) in [5.74, 6) is 0.756. The third-order valence-electron chi connectivity index (χ3n) is 4.64. The maximum atomic E-state index is 13.3. The van der Waals surface area contributed by atoms with Crippen molar-refractivity contribution in [2.24, 2.45) is 0 Å². The number of rotatable bonds is 10. The van der Waals surface area contributed by atoms with Gasteiger partial charge in [0, 0.05) is 6.07 Å². The molecule has 3 aromatic rings. The van der Waals surface area contributed by atoms with E-state index in [9.17, 15) is 13.2 Å². The van der Waals surface area contributed by atoms with Crippen LogP contribution in [0.1, 0.15) is 5.56 Å². The summed E-state index contributed by atoms with van der Waals surface area (Å²) in [5.41, 5.74) is 1.41. The number of sulfonamides is 1. The molecule has 0 heterocycles. The molecule has 8 heteroatoms. The lowest BCUT2D eigenvalue weighted by atomic mass is 10.2. The Kier molecular flexibility index (Phi) is 7.72. The summed E-state index contributed by atoms with van der Waals surface area (Å²) in [6, 6.07) is 22.2. The second-order valence-electron chi connectivity index (χ2n) is 7.04. The molecular weight excluding hydrogens is 428 g/mol. The van der Waals surface area contributed by atoms with E-state index in [0.29, 0.717) is 17.2 Å². The highest BCUT2D eigenvalue weighted by molar-refractivity contribution is 7.92. The number of aryl methyl sites for hydroxylation is 1. The van der Waals surface area contributed by atoms with Crippen LogP contribution in [0.2, 0.25) is 0 Å². The first kappa shape index (κ1) is 23.1. The molecule has 7 nitrogen and oxygen atoms in total. The van der Waals surface area contributed by atoms with E-state index in [0.717, 1.165) is 9.87 Å². The molecule has 0 saturated carbocycles. The van der Waals surface area contributed by atoms with Gasteiger partial charge in [-0.3, -0.25) is 9.10 Å². The first-order valence-corrected chi connectivity index (χ1v) is 11.5. The van der Waals surface area contributed by atoms with Gasteiger partial charge in [0.2, 0.25) is 5.91 Å². The van der Waals surface area contributed by atoms with Crippen LogP contribution in [0.25, 0.3) is 0 Å². The third kappa shape index (κ3) is 6.01. The summed E-state index contributed by atoms with van der Waals surface area (Å²) < 4.78 is 38.5. The number of methoxy groups -OCH3 is 1. The lowest BCUT2D eigenvalue weighted by Crippen LogP contribution is -2.41. The summed E-state index contributed by atoms with van der Waals surface area (Å²) in [6.45, 7) is 2.09. The van der Waals surface area contributed by atoms with Gasteiger partial charge < -0.3 is 14.8 Å². The number of hydrogen-bond donors (Lipinski definition) is 1. The molecule has 0 spiro atoms. The van der Waals surface area contributed by atoms with Crippen molar-refractivity contribution in [3.05, 3.63) is 84.4 Å². The predicted octanol–water partition coefficient (Wildman–Crippen LogP) is 3.39. The van der Waals surface area contributed by atoms with Crippen molar-refractivity contribution >= 4 is 21.6 Å². The van der Waals surface area contributed by atoms with E-state index >= 15 is 0 Å². The van der Waals surface area contributed by atoms with Gasteiger partial charge in [-0.15, -0.1) is 0 Å². The minimum absolute atomic E-state index is 0.0957. The molecule has 0 atom stereocenters. The average Bonchev–Trinajstić information content (AvgIpc) is 2.81. The Morgan fingerprint density at radius 1 is 0.938 bits per heavy atom. The van der Waals surface area contributed by atoms with E-state index in [4.69, 9.17) is 9.47 Å². The molecule has 0 saturated heterocycles. The van der Waals surface area contributed by atoms with Crippen LogP contribution in [0.3, 0.4) is 0 Å². The van der Waals surface area contributed by atoms with E-state index in [1.807, 2.05) is 31.2 Å². The first-order valence-electron chi connectivity index (χ1n) is 10.1. The van der Waals surface area contributed by atoms with Crippen LogP contribution in [0.15, 0.2) is 83.8 Å². The highest BCUT2D eigenvalue weighted by Gasteiger charge is 2.27. The molecular formula is C24H26N2O5S. The Labute approximate surface area is 188 Å². The zero-order valence-electron chi connectivity index (χ0n) is 18.0. The molecule has 168 valence electrons. The Hall–Kier alpha value is -3.52. The van der Waals surface area contributed by atoms with E-state index < -0.39 is 15.9 Å². The fourth-order valence-corrected chi connectivity index (χ4v) is 4.49. The molecule has 3 aromatic carbocycles. The van der Waals surface area contributed by atoms with Gasteiger partial charge in [-0.25, -0.2) is 8.42 Å². The van der Waals surface area contributed by atoms with Crippen molar-refractivity contribution in [3.63, 3.8) is 0 Å². The maximum Gasteiger partial charge on any atom is 0.264 e. The zero-order chi connectivity index (χ0) is 23.0. The number of carbonyl (C=O) groups excluding carboxylic acids is 1. The van der Waals surface area contributed by atoms with Gasteiger partial charge in [-0.1, -0.05) is 36.4 Å².